The zero-order valence-corrected chi connectivity index (χ0v) is 17.8. The number of rotatable bonds is 7. The number of anilines is 4. The Labute approximate surface area is 180 Å². The number of aryl methyl sites for hydroxylation is 1. The van der Waals surface area contributed by atoms with Crippen LogP contribution in [0.4, 0.5) is 23.0 Å². The molecule has 1 amide bonds. The minimum Gasteiger partial charge on any atom is -0.363 e. The smallest absolute Gasteiger partial charge is 0.254 e. The Hall–Kier alpha value is -3.75. The van der Waals surface area contributed by atoms with Gasteiger partial charge >= 0.3 is 0 Å². The first kappa shape index (κ1) is 20.5. The van der Waals surface area contributed by atoms with Crippen molar-refractivity contribution >= 4 is 28.9 Å². The number of nitrogens with one attached hydrogen (secondary N) is 2. The zero-order chi connectivity index (χ0) is 22.0. The first-order valence-corrected chi connectivity index (χ1v) is 10.1. The van der Waals surface area contributed by atoms with Gasteiger partial charge in [0, 0.05) is 43.5 Å². The molecule has 9 heteroatoms. The molecule has 31 heavy (non-hydrogen) atoms. The highest BCUT2D eigenvalue weighted by molar-refractivity contribution is 5.90. The lowest BCUT2D eigenvalue weighted by Gasteiger charge is -2.14. The van der Waals surface area contributed by atoms with E-state index in [4.69, 9.17) is 0 Å². The predicted octanol–water partition coefficient (Wildman–Crippen LogP) is 2.67. The van der Waals surface area contributed by atoms with Crippen molar-refractivity contribution in [3.63, 3.8) is 0 Å². The molecule has 4 rings (SSSR count). The highest BCUT2D eigenvalue weighted by atomic mass is 16.2. The lowest BCUT2D eigenvalue weighted by atomic mass is 10.2. The molecule has 1 fully saturated rings. The van der Waals surface area contributed by atoms with Crippen LogP contribution in [0.25, 0.3) is 0 Å². The predicted molar refractivity (Wildman–Crippen MR) is 120 cm³/mol. The normalized spacial score (nSPS) is 13.0. The lowest BCUT2D eigenvalue weighted by molar-refractivity contribution is -0.116. The van der Waals surface area contributed by atoms with Gasteiger partial charge in [-0.1, -0.05) is 0 Å². The third-order valence-electron chi connectivity index (χ3n) is 4.93. The van der Waals surface area contributed by atoms with Crippen molar-refractivity contribution in [1.82, 2.24) is 19.5 Å². The minimum atomic E-state index is -0.286. The Kier molecular flexibility index (Phi) is 5.66. The van der Waals surface area contributed by atoms with Crippen LogP contribution in [0, 0.1) is 6.92 Å². The number of benzene rings is 1. The molecule has 1 aliphatic rings. The van der Waals surface area contributed by atoms with E-state index in [1.165, 1.54) is 17.0 Å². The topological polar surface area (TPSA) is 105 Å². The van der Waals surface area contributed by atoms with Gasteiger partial charge in [0.05, 0.1) is 12.0 Å². The first-order valence-electron chi connectivity index (χ1n) is 10.1. The molecule has 0 aliphatic heterocycles. The van der Waals surface area contributed by atoms with E-state index in [0.29, 0.717) is 23.2 Å². The molecule has 0 spiro atoms. The van der Waals surface area contributed by atoms with Crippen LogP contribution in [-0.2, 0) is 11.3 Å². The van der Waals surface area contributed by atoms with Crippen molar-refractivity contribution in [2.24, 2.45) is 0 Å². The van der Waals surface area contributed by atoms with Crippen LogP contribution in [0.1, 0.15) is 30.3 Å². The molecule has 1 aromatic carbocycles. The molecule has 0 atom stereocenters. The summed E-state index contributed by atoms with van der Waals surface area (Å²) in [5, 5.41) is 6.05. The van der Waals surface area contributed by atoms with Crippen LogP contribution in [-0.4, -0.2) is 39.5 Å². The first-order chi connectivity index (χ1) is 14.9. The number of hydrogen-bond donors (Lipinski definition) is 2. The molecule has 0 bridgehead atoms. The van der Waals surface area contributed by atoms with Crippen molar-refractivity contribution < 1.29 is 4.79 Å². The summed E-state index contributed by atoms with van der Waals surface area (Å²) in [4.78, 5) is 39.5. The van der Waals surface area contributed by atoms with Crippen LogP contribution in [0.2, 0.25) is 0 Å². The Morgan fingerprint density at radius 2 is 1.84 bits per heavy atom. The lowest BCUT2D eigenvalue weighted by Crippen LogP contribution is -2.27. The van der Waals surface area contributed by atoms with Crippen LogP contribution in [0.5, 0.6) is 0 Å². The molecule has 1 saturated carbocycles. The molecule has 2 aromatic heterocycles. The van der Waals surface area contributed by atoms with Crippen molar-refractivity contribution in [2.75, 3.05) is 29.6 Å². The molecular formula is C22H25N7O2. The highest BCUT2D eigenvalue weighted by Gasteiger charge is 2.25. The molecule has 0 saturated heterocycles. The fourth-order valence-electron chi connectivity index (χ4n) is 3.15. The molecule has 0 radical (unpaired) electrons. The third kappa shape index (κ3) is 5.25. The number of hydrogen-bond acceptors (Lipinski definition) is 7. The summed E-state index contributed by atoms with van der Waals surface area (Å²) >= 11 is 0. The molecule has 1 aliphatic carbocycles. The molecule has 3 aromatic rings. The summed E-state index contributed by atoms with van der Waals surface area (Å²) in [7, 11) is 3.85. The highest BCUT2D eigenvalue weighted by Crippen LogP contribution is 2.38. The van der Waals surface area contributed by atoms with Gasteiger partial charge in [-0.3, -0.25) is 14.2 Å². The average molecular weight is 419 g/mol. The van der Waals surface area contributed by atoms with Gasteiger partial charge in [-0.15, -0.1) is 0 Å². The minimum absolute atomic E-state index is 0.0791. The monoisotopic (exact) mass is 419 g/mol. The standard InChI is InChI=1S/C22H25N7O2/c1-14-24-19(11-20(25-14)28(2)3)26-16-6-8-17(9-7-16)27-21(30)12-29-13-23-18(10-22(29)31)15-4-5-15/h6-11,13,15H,4-5,12H2,1-3H3,(H,27,30)(H,24,25,26). The average Bonchev–Trinajstić information content (AvgIpc) is 3.56. The summed E-state index contributed by atoms with van der Waals surface area (Å²) in [5.41, 5.74) is 2.08. The Bertz CT molecular complexity index is 1150. The van der Waals surface area contributed by atoms with Crippen molar-refractivity contribution in [3.8, 4) is 0 Å². The number of amides is 1. The van der Waals surface area contributed by atoms with Gasteiger partial charge in [0.15, 0.2) is 0 Å². The van der Waals surface area contributed by atoms with Crippen LogP contribution in [0.15, 0.2) is 47.5 Å². The van der Waals surface area contributed by atoms with Crippen LogP contribution < -0.4 is 21.1 Å². The summed E-state index contributed by atoms with van der Waals surface area (Å²) in [6, 6.07) is 10.7. The van der Waals surface area contributed by atoms with E-state index in [2.05, 4.69) is 25.6 Å². The quantitative estimate of drug-likeness (QED) is 0.607. The molecule has 9 nitrogen and oxygen atoms in total. The van der Waals surface area contributed by atoms with Crippen molar-refractivity contribution in [1.29, 1.82) is 0 Å². The maximum atomic E-state index is 12.3. The summed E-state index contributed by atoms with van der Waals surface area (Å²) in [6.07, 6.45) is 3.61. The number of aromatic nitrogens is 4. The fraction of sp³-hybridized carbons (Fsp3) is 0.318. The van der Waals surface area contributed by atoms with Crippen LogP contribution in [0.3, 0.4) is 0 Å². The van der Waals surface area contributed by atoms with E-state index in [1.54, 1.807) is 12.1 Å². The Morgan fingerprint density at radius 3 is 2.48 bits per heavy atom. The maximum absolute atomic E-state index is 12.3. The van der Waals surface area contributed by atoms with E-state index in [1.807, 2.05) is 44.1 Å². The van der Waals surface area contributed by atoms with Gasteiger partial charge in [-0.2, -0.15) is 0 Å². The second kappa shape index (κ2) is 8.55. The largest absolute Gasteiger partial charge is 0.363 e. The molecule has 2 N–H and O–H groups in total. The number of carbonyl (C=O) groups is 1. The maximum Gasteiger partial charge on any atom is 0.254 e. The third-order valence-corrected chi connectivity index (χ3v) is 4.93. The summed E-state index contributed by atoms with van der Waals surface area (Å²) in [6.45, 7) is 1.77. The SMILES string of the molecule is Cc1nc(Nc2ccc(NC(=O)Cn3cnc(C4CC4)cc3=O)cc2)cc(N(C)C)n1. The van der Waals surface area contributed by atoms with E-state index in [-0.39, 0.29) is 18.0 Å². The second-order valence-electron chi connectivity index (χ2n) is 7.86. The van der Waals surface area contributed by atoms with E-state index >= 15 is 0 Å². The molecule has 2 heterocycles. The van der Waals surface area contributed by atoms with Gasteiger partial charge in [0.25, 0.3) is 5.56 Å². The van der Waals surface area contributed by atoms with Crippen molar-refractivity contribution in [3.05, 3.63) is 64.6 Å². The van der Waals surface area contributed by atoms with Gasteiger partial charge < -0.3 is 15.5 Å². The molecule has 160 valence electrons. The molecule has 0 unspecified atom stereocenters. The van der Waals surface area contributed by atoms with Crippen LogP contribution >= 0.6 is 0 Å². The second-order valence-corrected chi connectivity index (χ2v) is 7.86. The fourth-order valence-corrected chi connectivity index (χ4v) is 3.15. The van der Waals surface area contributed by atoms with Crippen molar-refractivity contribution in [2.45, 2.75) is 32.2 Å². The number of carbonyl (C=O) groups excluding carboxylic acids is 1. The summed E-state index contributed by atoms with van der Waals surface area (Å²) in [5.74, 6) is 2.30. The van der Waals surface area contributed by atoms with E-state index < -0.39 is 0 Å². The Morgan fingerprint density at radius 1 is 1.13 bits per heavy atom. The Balaban J connectivity index is 1.37. The van der Waals surface area contributed by atoms with Gasteiger partial charge in [-0.05, 0) is 44.0 Å². The van der Waals surface area contributed by atoms with Gasteiger partial charge in [-0.25, -0.2) is 15.0 Å². The summed E-state index contributed by atoms with van der Waals surface area (Å²) < 4.78 is 1.32. The van der Waals surface area contributed by atoms with E-state index in [0.717, 1.165) is 30.0 Å². The molecular weight excluding hydrogens is 394 g/mol. The van der Waals surface area contributed by atoms with Gasteiger partial charge in [0.2, 0.25) is 5.91 Å². The number of nitrogens with zero attached hydrogens (tertiary/aromatic N) is 5. The zero-order valence-electron chi connectivity index (χ0n) is 17.8. The van der Waals surface area contributed by atoms with Gasteiger partial charge in [0.1, 0.15) is 24.0 Å². The van der Waals surface area contributed by atoms with E-state index in [9.17, 15) is 9.59 Å².